The van der Waals surface area contributed by atoms with Gasteiger partial charge < -0.3 is 10.1 Å². The quantitative estimate of drug-likeness (QED) is 0.574. The Morgan fingerprint density at radius 2 is 1.84 bits per heavy atom. The molecule has 25 heavy (non-hydrogen) atoms. The molecule has 4 rings (SSSR count). The summed E-state index contributed by atoms with van der Waals surface area (Å²) in [6, 6.07) is 21.3. The van der Waals surface area contributed by atoms with E-state index in [-0.39, 0.29) is 0 Å². The van der Waals surface area contributed by atoms with Crippen molar-refractivity contribution in [3.63, 3.8) is 0 Å². The normalized spacial score (nSPS) is 10.8. The van der Waals surface area contributed by atoms with Crippen LogP contribution in [-0.4, -0.2) is 21.7 Å². The molecule has 0 radical (unpaired) electrons. The van der Waals surface area contributed by atoms with E-state index in [1.165, 1.54) is 0 Å². The molecular weight excluding hydrogens is 336 g/mol. The molecule has 0 spiro atoms. The van der Waals surface area contributed by atoms with Crippen LogP contribution in [0.2, 0.25) is 5.02 Å². The molecule has 2 heterocycles. The second kappa shape index (κ2) is 6.45. The number of para-hydroxylation sites is 1. The molecular formula is C19H15ClN4O. The number of pyridine rings is 1. The Labute approximate surface area is 149 Å². The summed E-state index contributed by atoms with van der Waals surface area (Å²) >= 11 is 6.26. The van der Waals surface area contributed by atoms with E-state index in [0.717, 1.165) is 22.6 Å². The van der Waals surface area contributed by atoms with Crippen LogP contribution in [0.3, 0.4) is 0 Å². The molecule has 0 aliphatic carbocycles. The average Bonchev–Trinajstić information content (AvgIpc) is 3.04. The molecule has 4 aromatic rings. The van der Waals surface area contributed by atoms with Gasteiger partial charge >= 0.3 is 0 Å². The van der Waals surface area contributed by atoms with Crippen LogP contribution in [0.4, 0.5) is 11.6 Å². The first-order valence-electron chi connectivity index (χ1n) is 7.76. The van der Waals surface area contributed by atoms with Gasteiger partial charge in [-0.25, -0.2) is 4.52 Å². The van der Waals surface area contributed by atoms with Crippen LogP contribution >= 0.6 is 11.6 Å². The fourth-order valence-electron chi connectivity index (χ4n) is 2.65. The zero-order chi connectivity index (χ0) is 17.2. The third kappa shape index (κ3) is 3.02. The highest BCUT2D eigenvalue weighted by Gasteiger charge is 2.11. The van der Waals surface area contributed by atoms with E-state index in [1.54, 1.807) is 11.6 Å². The summed E-state index contributed by atoms with van der Waals surface area (Å²) in [5, 5.41) is 8.34. The van der Waals surface area contributed by atoms with Crippen LogP contribution in [-0.2, 0) is 0 Å². The van der Waals surface area contributed by atoms with E-state index in [9.17, 15) is 0 Å². The number of ether oxygens (including phenoxy) is 1. The maximum Gasteiger partial charge on any atom is 0.247 e. The molecule has 0 saturated heterocycles. The fourth-order valence-corrected chi connectivity index (χ4v) is 2.91. The van der Waals surface area contributed by atoms with E-state index >= 15 is 0 Å². The van der Waals surface area contributed by atoms with Gasteiger partial charge in [0.25, 0.3) is 0 Å². The Hall–Kier alpha value is -3.05. The third-order valence-corrected chi connectivity index (χ3v) is 4.13. The third-order valence-electron chi connectivity index (χ3n) is 3.84. The lowest BCUT2D eigenvalue weighted by atomic mass is 10.1. The molecule has 6 heteroatoms. The zero-order valence-electron chi connectivity index (χ0n) is 13.5. The Bertz CT molecular complexity index is 1030. The van der Waals surface area contributed by atoms with Gasteiger partial charge in [0.15, 0.2) is 5.65 Å². The molecule has 0 aliphatic heterocycles. The van der Waals surface area contributed by atoms with E-state index in [1.807, 2.05) is 66.7 Å². The summed E-state index contributed by atoms with van der Waals surface area (Å²) in [6.45, 7) is 0. The minimum absolute atomic E-state index is 0.540. The van der Waals surface area contributed by atoms with Crippen LogP contribution in [0.5, 0.6) is 5.75 Å². The number of aromatic nitrogens is 3. The minimum atomic E-state index is 0.540. The van der Waals surface area contributed by atoms with Crippen LogP contribution in [0, 0.1) is 0 Å². The van der Waals surface area contributed by atoms with Crippen molar-refractivity contribution in [2.45, 2.75) is 0 Å². The first-order chi connectivity index (χ1) is 12.2. The van der Waals surface area contributed by atoms with Gasteiger partial charge in [-0.3, -0.25) is 0 Å². The SMILES string of the molecule is COc1ccc(-c2cccc3nc(Nc4ccccc4)nn23)cc1Cl. The number of hydrogen-bond donors (Lipinski definition) is 1. The summed E-state index contributed by atoms with van der Waals surface area (Å²) in [5.41, 5.74) is 3.53. The van der Waals surface area contributed by atoms with Crippen molar-refractivity contribution in [1.29, 1.82) is 0 Å². The molecule has 0 amide bonds. The lowest BCUT2D eigenvalue weighted by molar-refractivity contribution is 0.415. The molecule has 1 N–H and O–H groups in total. The van der Waals surface area contributed by atoms with Crippen molar-refractivity contribution in [3.8, 4) is 17.0 Å². The standard InChI is InChI=1S/C19H15ClN4O/c1-25-17-11-10-13(12-15(17)20)16-8-5-9-18-22-19(23-24(16)18)21-14-6-3-2-4-7-14/h2-12H,1H3,(H,21,23). The van der Waals surface area contributed by atoms with Gasteiger partial charge in [0.2, 0.25) is 5.95 Å². The van der Waals surface area contributed by atoms with Crippen LogP contribution in [0.1, 0.15) is 0 Å². The largest absolute Gasteiger partial charge is 0.495 e. The summed E-state index contributed by atoms with van der Waals surface area (Å²) < 4.78 is 7.01. The van der Waals surface area contributed by atoms with E-state index in [2.05, 4.69) is 15.4 Å². The number of halogens is 1. The lowest BCUT2D eigenvalue weighted by Gasteiger charge is -2.07. The minimum Gasteiger partial charge on any atom is -0.495 e. The molecule has 2 aromatic heterocycles. The topological polar surface area (TPSA) is 51.5 Å². The van der Waals surface area contributed by atoms with E-state index in [0.29, 0.717) is 16.7 Å². The summed E-state index contributed by atoms with van der Waals surface area (Å²) in [7, 11) is 1.60. The van der Waals surface area contributed by atoms with Crippen molar-refractivity contribution >= 4 is 28.9 Å². The van der Waals surface area contributed by atoms with Crippen molar-refractivity contribution < 1.29 is 4.74 Å². The predicted molar refractivity (Wildman–Crippen MR) is 99.7 cm³/mol. The number of nitrogens with zero attached hydrogens (tertiary/aromatic N) is 3. The molecule has 124 valence electrons. The van der Waals surface area contributed by atoms with Gasteiger partial charge in [-0.1, -0.05) is 35.9 Å². The molecule has 2 aromatic carbocycles. The van der Waals surface area contributed by atoms with E-state index < -0.39 is 0 Å². The van der Waals surface area contributed by atoms with Gasteiger partial charge in [0.05, 0.1) is 17.8 Å². The van der Waals surface area contributed by atoms with Crippen molar-refractivity contribution in [2.75, 3.05) is 12.4 Å². The highest BCUT2D eigenvalue weighted by Crippen LogP contribution is 2.30. The number of hydrogen-bond acceptors (Lipinski definition) is 4. The number of nitrogens with one attached hydrogen (secondary N) is 1. The van der Waals surface area contributed by atoms with Gasteiger partial charge in [-0.2, -0.15) is 4.98 Å². The smallest absolute Gasteiger partial charge is 0.247 e. The molecule has 0 atom stereocenters. The molecule has 0 fully saturated rings. The molecule has 0 saturated carbocycles. The maximum atomic E-state index is 6.26. The first kappa shape index (κ1) is 15.5. The summed E-state index contributed by atoms with van der Waals surface area (Å²) in [5.74, 6) is 1.18. The molecule has 0 unspecified atom stereocenters. The Kier molecular flexibility index (Phi) is 3.99. The van der Waals surface area contributed by atoms with Crippen molar-refractivity contribution in [2.24, 2.45) is 0 Å². The maximum absolute atomic E-state index is 6.26. The first-order valence-corrected chi connectivity index (χ1v) is 8.14. The second-order valence-corrected chi connectivity index (χ2v) is 5.86. The molecule has 0 aliphatic rings. The van der Waals surface area contributed by atoms with Crippen LogP contribution < -0.4 is 10.1 Å². The predicted octanol–water partition coefficient (Wildman–Crippen LogP) is 4.80. The zero-order valence-corrected chi connectivity index (χ0v) is 14.2. The number of anilines is 2. The van der Waals surface area contributed by atoms with Gasteiger partial charge in [-0.15, -0.1) is 5.10 Å². The van der Waals surface area contributed by atoms with Crippen molar-refractivity contribution in [3.05, 3.63) is 71.8 Å². The number of methoxy groups -OCH3 is 1. The van der Waals surface area contributed by atoms with Crippen LogP contribution in [0.15, 0.2) is 66.7 Å². The fraction of sp³-hybridized carbons (Fsp3) is 0.0526. The molecule has 5 nitrogen and oxygen atoms in total. The highest BCUT2D eigenvalue weighted by atomic mass is 35.5. The number of rotatable bonds is 4. The number of fused-ring (bicyclic) bond motifs is 1. The summed E-state index contributed by atoms with van der Waals surface area (Å²) in [6.07, 6.45) is 0. The lowest BCUT2D eigenvalue weighted by Crippen LogP contribution is -1.96. The summed E-state index contributed by atoms with van der Waals surface area (Å²) in [4.78, 5) is 4.53. The Morgan fingerprint density at radius 1 is 1.00 bits per heavy atom. The van der Waals surface area contributed by atoms with Gasteiger partial charge in [-0.05, 0) is 42.5 Å². The average molecular weight is 351 g/mol. The Morgan fingerprint density at radius 3 is 2.60 bits per heavy atom. The van der Waals surface area contributed by atoms with Gasteiger partial charge in [0.1, 0.15) is 5.75 Å². The van der Waals surface area contributed by atoms with Crippen molar-refractivity contribution in [1.82, 2.24) is 14.6 Å². The monoisotopic (exact) mass is 350 g/mol. The van der Waals surface area contributed by atoms with Crippen LogP contribution in [0.25, 0.3) is 16.9 Å². The number of benzene rings is 2. The second-order valence-electron chi connectivity index (χ2n) is 5.46. The van der Waals surface area contributed by atoms with E-state index in [4.69, 9.17) is 16.3 Å². The molecule has 0 bridgehead atoms. The Balaban J connectivity index is 1.76. The highest BCUT2D eigenvalue weighted by molar-refractivity contribution is 6.32. The van der Waals surface area contributed by atoms with Gasteiger partial charge in [0, 0.05) is 11.3 Å².